The zero-order valence-electron chi connectivity index (χ0n) is 15.4. The first-order valence-corrected chi connectivity index (χ1v) is 9.10. The Morgan fingerprint density at radius 3 is 2.21 bits per heavy atom. The molecule has 4 aromatic rings. The van der Waals surface area contributed by atoms with E-state index in [-0.39, 0.29) is 18.1 Å². The molecule has 1 N–H and O–H groups in total. The fraction of sp³-hybridized carbons (Fsp3) is 0.0870. The fourth-order valence-electron chi connectivity index (χ4n) is 3.27. The van der Waals surface area contributed by atoms with Gasteiger partial charge in [-0.2, -0.15) is 0 Å². The maximum atomic E-state index is 12.2. The fourth-order valence-corrected chi connectivity index (χ4v) is 3.27. The summed E-state index contributed by atoms with van der Waals surface area (Å²) in [4.78, 5) is 12.2. The second kappa shape index (κ2) is 7.48. The summed E-state index contributed by atoms with van der Waals surface area (Å²) in [5.74, 6) is 0.0507. The predicted molar refractivity (Wildman–Crippen MR) is 108 cm³/mol. The van der Waals surface area contributed by atoms with Crippen LogP contribution in [-0.4, -0.2) is 26.8 Å². The number of carbonyl (C=O) groups excluding carboxylic acids is 1. The van der Waals surface area contributed by atoms with Crippen LogP contribution in [0.25, 0.3) is 22.6 Å². The molecule has 5 heteroatoms. The molecule has 28 heavy (non-hydrogen) atoms. The van der Waals surface area contributed by atoms with Crippen molar-refractivity contribution in [3.63, 3.8) is 0 Å². The number of aromatic nitrogens is 2. The average molecular weight is 372 g/mol. The first kappa shape index (κ1) is 17.7. The van der Waals surface area contributed by atoms with Crippen molar-refractivity contribution in [3.05, 3.63) is 90.8 Å². The third-order valence-corrected chi connectivity index (χ3v) is 4.56. The lowest BCUT2D eigenvalue weighted by molar-refractivity contribution is 0.0523. The molecule has 0 aliphatic rings. The third kappa shape index (κ3) is 3.07. The molecule has 0 aliphatic heterocycles. The van der Waals surface area contributed by atoms with Gasteiger partial charge in [0.2, 0.25) is 5.88 Å². The summed E-state index contributed by atoms with van der Waals surface area (Å²) in [5.41, 5.74) is 3.04. The molecule has 0 amide bonds. The molecular weight excluding hydrogens is 352 g/mol. The van der Waals surface area contributed by atoms with Crippen LogP contribution >= 0.6 is 0 Å². The molecule has 2 heterocycles. The number of carbonyl (C=O) groups is 1. The lowest BCUT2D eigenvalue weighted by Crippen LogP contribution is -2.06. The molecule has 0 unspecified atom stereocenters. The molecule has 2 aromatic carbocycles. The van der Waals surface area contributed by atoms with Gasteiger partial charge in [-0.15, -0.1) is 0 Å². The van der Waals surface area contributed by atoms with Gasteiger partial charge < -0.3 is 14.4 Å². The lowest BCUT2D eigenvalue weighted by Gasteiger charge is -2.14. The summed E-state index contributed by atoms with van der Waals surface area (Å²) in [6.07, 6.45) is 3.64. The Labute approximate surface area is 163 Å². The topological polar surface area (TPSA) is 56.4 Å². The van der Waals surface area contributed by atoms with E-state index >= 15 is 0 Å². The standard InChI is InChI=1S/C23H20N2O3/c1-2-28-23(27)20-14-16-25(22(20)26)21-19(17-9-5-3-6-10-17)13-15-24(21)18-11-7-4-8-12-18/h3-16,26H,2H2,1H3. The van der Waals surface area contributed by atoms with Gasteiger partial charge in [-0.05, 0) is 36.8 Å². The molecule has 4 rings (SSSR count). The second-order valence-electron chi connectivity index (χ2n) is 6.27. The highest BCUT2D eigenvalue weighted by Crippen LogP contribution is 2.34. The number of ether oxygens (including phenoxy) is 1. The highest BCUT2D eigenvalue weighted by Gasteiger charge is 2.22. The molecule has 0 atom stereocenters. The van der Waals surface area contributed by atoms with Crippen LogP contribution in [0.4, 0.5) is 0 Å². The van der Waals surface area contributed by atoms with Crippen LogP contribution in [0.2, 0.25) is 0 Å². The largest absolute Gasteiger partial charge is 0.494 e. The molecular formula is C23H20N2O3. The van der Waals surface area contributed by atoms with Gasteiger partial charge in [0.15, 0.2) is 0 Å². The summed E-state index contributed by atoms with van der Waals surface area (Å²) in [6, 6.07) is 23.4. The molecule has 0 saturated carbocycles. The Kier molecular flexibility index (Phi) is 4.72. The number of rotatable bonds is 5. The smallest absolute Gasteiger partial charge is 0.343 e. The number of hydrogen-bond donors (Lipinski definition) is 1. The third-order valence-electron chi connectivity index (χ3n) is 4.56. The molecule has 5 nitrogen and oxygen atoms in total. The highest BCUT2D eigenvalue weighted by molar-refractivity contribution is 5.92. The molecule has 2 aromatic heterocycles. The molecule has 0 radical (unpaired) electrons. The van der Waals surface area contributed by atoms with Crippen LogP contribution in [0.3, 0.4) is 0 Å². The highest BCUT2D eigenvalue weighted by atomic mass is 16.5. The summed E-state index contributed by atoms with van der Waals surface area (Å²) >= 11 is 0. The summed E-state index contributed by atoms with van der Waals surface area (Å²) in [7, 11) is 0. The van der Waals surface area contributed by atoms with E-state index in [4.69, 9.17) is 4.74 Å². The zero-order valence-corrected chi connectivity index (χ0v) is 15.4. The maximum Gasteiger partial charge on any atom is 0.343 e. The number of nitrogens with zero attached hydrogens (tertiary/aromatic N) is 2. The van der Waals surface area contributed by atoms with E-state index in [9.17, 15) is 9.90 Å². The van der Waals surface area contributed by atoms with Crippen molar-refractivity contribution in [2.24, 2.45) is 0 Å². The molecule has 140 valence electrons. The number of hydrogen-bond acceptors (Lipinski definition) is 3. The van der Waals surface area contributed by atoms with E-state index in [1.165, 1.54) is 0 Å². The van der Waals surface area contributed by atoms with Crippen LogP contribution in [0.1, 0.15) is 17.3 Å². The molecule has 0 fully saturated rings. The monoisotopic (exact) mass is 372 g/mol. The minimum Gasteiger partial charge on any atom is -0.494 e. The van der Waals surface area contributed by atoms with E-state index in [2.05, 4.69) is 0 Å². The molecule has 0 aliphatic carbocycles. The Morgan fingerprint density at radius 2 is 1.54 bits per heavy atom. The van der Waals surface area contributed by atoms with E-state index < -0.39 is 5.97 Å². The molecule has 0 saturated heterocycles. The van der Waals surface area contributed by atoms with Crippen molar-refractivity contribution in [2.45, 2.75) is 6.92 Å². The summed E-state index contributed by atoms with van der Waals surface area (Å²) in [6.45, 7) is 1.99. The summed E-state index contributed by atoms with van der Waals surface area (Å²) < 4.78 is 8.65. The van der Waals surface area contributed by atoms with Gasteiger partial charge in [-0.3, -0.25) is 4.57 Å². The Bertz CT molecular complexity index is 1040. The van der Waals surface area contributed by atoms with Crippen LogP contribution in [0.15, 0.2) is 85.2 Å². The number of benzene rings is 2. The van der Waals surface area contributed by atoms with E-state index in [1.54, 1.807) is 23.8 Å². The zero-order chi connectivity index (χ0) is 19.5. The Hall–Kier alpha value is -3.73. The SMILES string of the molecule is CCOC(=O)c1ccn(-c2c(-c3ccccc3)ccn2-c2ccccc2)c1O. The van der Waals surface area contributed by atoms with Crippen molar-refractivity contribution >= 4 is 5.97 Å². The van der Waals surface area contributed by atoms with Crippen LogP contribution in [0.5, 0.6) is 5.88 Å². The number of esters is 1. The number of para-hydroxylation sites is 1. The van der Waals surface area contributed by atoms with Crippen LogP contribution in [0, 0.1) is 0 Å². The second-order valence-corrected chi connectivity index (χ2v) is 6.27. The summed E-state index contributed by atoms with van der Waals surface area (Å²) in [5, 5.41) is 10.8. The normalized spacial score (nSPS) is 10.8. The molecule has 0 bridgehead atoms. The molecule has 0 spiro atoms. The van der Waals surface area contributed by atoms with Crippen molar-refractivity contribution in [2.75, 3.05) is 6.61 Å². The Morgan fingerprint density at radius 1 is 0.893 bits per heavy atom. The van der Waals surface area contributed by atoms with Crippen LogP contribution < -0.4 is 0 Å². The number of aromatic hydroxyl groups is 1. The van der Waals surface area contributed by atoms with Gasteiger partial charge >= 0.3 is 5.97 Å². The first-order valence-electron chi connectivity index (χ1n) is 9.10. The van der Waals surface area contributed by atoms with E-state index in [0.717, 1.165) is 22.6 Å². The average Bonchev–Trinajstić information content (AvgIpc) is 3.33. The minimum absolute atomic E-state index is 0.140. The predicted octanol–water partition coefficient (Wildman–Crippen LogP) is 4.82. The van der Waals surface area contributed by atoms with Gasteiger partial charge in [0, 0.05) is 23.6 Å². The van der Waals surface area contributed by atoms with Crippen molar-refractivity contribution < 1.29 is 14.6 Å². The van der Waals surface area contributed by atoms with Crippen molar-refractivity contribution in [1.29, 1.82) is 0 Å². The van der Waals surface area contributed by atoms with Gasteiger partial charge in [0.05, 0.1) is 6.61 Å². The van der Waals surface area contributed by atoms with E-state index in [1.807, 2.05) is 77.5 Å². The Balaban J connectivity index is 1.93. The van der Waals surface area contributed by atoms with E-state index in [0.29, 0.717) is 0 Å². The lowest BCUT2D eigenvalue weighted by atomic mass is 10.1. The quantitative estimate of drug-likeness (QED) is 0.511. The van der Waals surface area contributed by atoms with Gasteiger partial charge in [-0.25, -0.2) is 4.79 Å². The van der Waals surface area contributed by atoms with Crippen molar-refractivity contribution in [1.82, 2.24) is 9.13 Å². The van der Waals surface area contributed by atoms with Gasteiger partial charge in [0.1, 0.15) is 11.4 Å². The first-order chi connectivity index (χ1) is 13.7. The van der Waals surface area contributed by atoms with Gasteiger partial charge in [0.25, 0.3) is 0 Å². The minimum atomic E-state index is -0.544. The van der Waals surface area contributed by atoms with Crippen molar-refractivity contribution in [3.8, 4) is 28.5 Å². The maximum absolute atomic E-state index is 12.2. The van der Waals surface area contributed by atoms with Gasteiger partial charge in [-0.1, -0.05) is 48.5 Å². The van der Waals surface area contributed by atoms with Crippen LogP contribution in [-0.2, 0) is 4.74 Å².